The molecule has 3 heteroatoms. The van der Waals surface area contributed by atoms with Crippen molar-refractivity contribution in [2.24, 2.45) is 0 Å². The van der Waals surface area contributed by atoms with Gasteiger partial charge in [-0.1, -0.05) is 37.3 Å². The SMILES string of the molecule is Fc1ccc(Cl)c(NC2CCCCCC2)c1. The van der Waals surface area contributed by atoms with E-state index in [2.05, 4.69) is 5.32 Å². The average Bonchev–Trinajstić information content (AvgIpc) is 2.52. The van der Waals surface area contributed by atoms with Gasteiger partial charge in [0.05, 0.1) is 10.7 Å². The summed E-state index contributed by atoms with van der Waals surface area (Å²) >= 11 is 6.03. The molecule has 1 N–H and O–H groups in total. The minimum Gasteiger partial charge on any atom is -0.381 e. The first-order chi connectivity index (χ1) is 7.75. The summed E-state index contributed by atoms with van der Waals surface area (Å²) in [6.07, 6.45) is 7.46. The summed E-state index contributed by atoms with van der Waals surface area (Å²) < 4.78 is 13.1. The van der Waals surface area contributed by atoms with E-state index in [1.54, 1.807) is 6.07 Å². The molecule has 0 radical (unpaired) electrons. The van der Waals surface area contributed by atoms with Gasteiger partial charge in [-0.3, -0.25) is 0 Å². The molecule has 0 spiro atoms. The molecule has 0 heterocycles. The Balaban J connectivity index is 2.04. The van der Waals surface area contributed by atoms with Crippen LogP contribution in [0.25, 0.3) is 0 Å². The Labute approximate surface area is 101 Å². The van der Waals surface area contributed by atoms with Crippen molar-refractivity contribution in [3.63, 3.8) is 0 Å². The number of rotatable bonds is 2. The van der Waals surface area contributed by atoms with Gasteiger partial charge in [-0.15, -0.1) is 0 Å². The van der Waals surface area contributed by atoms with Gasteiger partial charge in [-0.2, -0.15) is 0 Å². The zero-order chi connectivity index (χ0) is 11.4. The lowest BCUT2D eigenvalue weighted by Gasteiger charge is -2.18. The van der Waals surface area contributed by atoms with Crippen LogP contribution in [0.2, 0.25) is 5.02 Å². The third-order valence-corrected chi connectivity index (χ3v) is 3.47. The Bertz CT molecular complexity index is 346. The van der Waals surface area contributed by atoms with Gasteiger partial charge >= 0.3 is 0 Å². The Kier molecular flexibility index (Phi) is 4.05. The highest BCUT2D eigenvalue weighted by Crippen LogP contribution is 2.26. The van der Waals surface area contributed by atoms with Crippen molar-refractivity contribution >= 4 is 17.3 Å². The van der Waals surface area contributed by atoms with Crippen molar-refractivity contribution in [1.82, 2.24) is 0 Å². The van der Waals surface area contributed by atoms with Gasteiger partial charge < -0.3 is 5.32 Å². The number of benzene rings is 1. The maximum Gasteiger partial charge on any atom is 0.125 e. The van der Waals surface area contributed by atoms with E-state index >= 15 is 0 Å². The van der Waals surface area contributed by atoms with Gasteiger partial charge in [0, 0.05) is 6.04 Å². The molecule has 0 amide bonds. The second-order valence-electron chi connectivity index (χ2n) is 4.46. The molecule has 1 saturated carbocycles. The van der Waals surface area contributed by atoms with Crippen molar-refractivity contribution in [1.29, 1.82) is 0 Å². The Morgan fingerprint density at radius 3 is 2.50 bits per heavy atom. The molecule has 1 aromatic carbocycles. The lowest BCUT2D eigenvalue weighted by atomic mass is 10.1. The van der Waals surface area contributed by atoms with Crippen molar-refractivity contribution in [2.45, 2.75) is 44.6 Å². The summed E-state index contributed by atoms with van der Waals surface area (Å²) in [5.41, 5.74) is 0.730. The van der Waals surface area contributed by atoms with Crippen molar-refractivity contribution < 1.29 is 4.39 Å². The highest BCUT2D eigenvalue weighted by molar-refractivity contribution is 6.33. The molecule has 0 aromatic heterocycles. The van der Waals surface area contributed by atoms with Crippen LogP contribution in [0, 0.1) is 5.82 Å². The van der Waals surface area contributed by atoms with Crippen LogP contribution in [0.1, 0.15) is 38.5 Å². The highest BCUT2D eigenvalue weighted by Gasteiger charge is 2.13. The summed E-state index contributed by atoms with van der Waals surface area (Å²) in [4.78, 5) is 0. The molecule has 16 heavy (non-hydrogen) atoms. The second kappa shape index (κ2) is 5.53. The fraction of sp³-hybridized carbons (Fsp3) is 0.538. The zero-order valence-electron chi connectivity index (χ0n) is 9.31. The van der Waals surface area contributed by atoms with Crippen LogP contribution in [-0.2, 0) is 0 Å². The number of halogens is 2. The first-order valence-corrected chi connectivity index (χ1v) is 6.35. The maximum absolute atomic E-state index is 13.1. The smallest absolute Gasteiger partial charge is 0.125 e. The van der Waals surface area contributed by atoms with Gasteiger partial charge in [-0.05, 0) is 31.0 Å². The summed E-state index contributed by atoms with van der Waals surface area (Å²) in [6.45, 7) is 0. The molecule has 2 rings (SSSR count). The topological polar surface area (TPSA) is 12.0 Å². The Morgan fingerprint density at radius 1 is 1.12 bits per heavy atom. The summed E-state index contributed by atoms with van der Waals surface area (Å²) in [7, 11) is 0. The van der Waals surface area contributed by atoms with Crippen molar-refractivity contribution in [3.05, 3.63) is 29.0 Å². The molecule has 0 unspecified atom stereocenters. The highest BCUT2D eigenvalue weighted by atomic mass is 35.5. The van der Waals surface area contributed by atoms with Crippen molar-refractivity contribution in [2.75, 3.05) is 5.32 Å². The van der Waals surface area contributed by atoms with Crippen molar-refractivity contribution in [3.8, 4) is 0 Å². The molecule has 88 valence electrons. The lowest BCUT2D eigenvalue weighted by molar-refractivity contribution is 0.613. The number of nitrogens with one attached hydrogen (secondary N) is 1. The summed E-state index contributed by atoms with van der Waals surface area (Å²) in [6, 6.07) is 4.92. The van der Waals surface area contributed by atoms with Crippen LogP contribution in [0.15, 0.2) is 18.2 Å². The van der Waals surface area contributed by atoms with E-state index in [1.807, 2.05) is 0 Å². The number of hydrogen-bond acceptors (Lipinski definition) is 1. The third-order valence-electron chi connectivity index (χ3n) is 3.14. The maximum atomic E-state index is 13.1. The van der Waals surface area contributed by atoms with E-state index in [0.717, 1.165) is 18.5 Å². The minimum atomic E-state index is -0.236. The van der Waals surface area contributed by atoms with Crippen LogP contribution in [0.5, 0.6) is 0 Å². The standard InChI is InChI=1S/C13H17ClFN/c14-12-8-7-10(15)9-13(12)16-11-5-3-1-2-4-6-11/h7-9,11,16H,1-6H2. The second-order valence-corrected chi connectivity index (χ2v) is 4.86. The number of anilines is 1. The summed E-state index contributed by atoms with van der Waals surface area (Å²) in [5, 5.41) is 3.96. The Morgan fingerprint density at radius 2 is 1.81 bits per heavy atom. The molecule has 0 bridgehead atoms. The van der Waals surface area contributed by atoms with Gasteiger partial charge in [0.15, 0.2) is 0 Å². The minimum absolute atomic E-state index is 0.236. The molecular weight excluding hydrogens is 225 g/mol. The number of hydrogen-bond donors (Lipinski definition) is 1. The first kappa shape index (κ1) is 11.7. The quantitative estimate of drug-likeness (QED) is 0.746. The van der Waals surface area contributed by atoms with Gasteiger partial charge in [0.25, 0.3) is 0 Å². The van der Waals surface area contributed by atoms with Crippen LogP contribution in [0.4, 0.5) is 10.1 Å². The van der Waals surface area contributed by atoms with Crippen LogP contribution >= 0.6 is 11.6 Å². The molecule has 1 aromatic rings. The van der Waals surface area contributed by atoms with Gasteiger partial charge in [0.1, 0.15) is 5.82 Å². The fourth-order valence-corrected chi connectivity index (χ4v) is 2.42. The predicted molar refractivity (Wildman–Crippen MR) is 66.5 cm³/mol. The molecule has 1 aliphatic rings. The lowest BCUT2D eigenvalue weighted by Crippen LogP contribution is -2.18. The molecule has 1 fully saturated rings. The first-order valence-electron chi connectivity index (χ1n) is 5.97. The molecule has 1 aliphatic carbocycles. The largest absolute Gasteiger partial charge is 0.381 e. The molecule has 0 atom stereocenters. The van der Waals surface area contributed by atoms with E-state index in [1.165, 1.54) is 37.8 Å². The van der Waals surface area contributed by atoms with Crippen LogP contribution in [0.3, 0.4) is 0 Å². The molecule has 1 nitrogen and oxygen atoms in total. The summed E-state index contributed by atoms with van der Waals surface area (Å²) in [5.74, 6) is -0.236. The molecule has 0 aliphatic heterocycles. The molecule has 0 saturated heterocycles. The van der Waals surface area contributed by atoms with E-state index in [0.29, 0.717) is 11.1 Å². The average molecular weight is 242 g/mol. The van der Waals surface area contributed by atoms with E-state index in [9.17, 15) is 4.39 Å². The monoisotopic (exact) mass is 241 g/mol. The fourth-order valence-electron chi connectivity index (χ4n) is 2.25. The molecular formula is C13H17ClFN. The van der Waals surface area contributed by atoms with E-state index in [4.69, 9.17) is 11.6 Å². The van der Waals surface area contributed by atoms with Gasteiger partial charge in [-0.25, -0.2) is 4.39 Å². The van der Waals surface area contributed by atoms with Gasteiger partial charge in [0.2, 0.25) is 0 Å². The van der Waals surface area contributed by atoms with Crippen LogP contribution in [-0.4, -0.2) is 6.04 Å². The van der Waals surface area contributed by atoms with E-state index < -0.39 is 0 Å². The van der Waals surface area contributed by atoms with Crippen LogP contribution < -0.4 is 5.32 Å². The zero-order valence-corrected chi connectivity index (χ0v) is 10.1. The third kappa shape index (κ3) is 3.11. The predicted octanol–water partition coefficient (Wildman–Crippen LogP) is 4.61. The van der Waals surface area contributed by atoms with E-state index in [-0.39, 0.29) is 5.82 Å². The normalized spacial score (nSPS) is 18.1. The Hall–Kier alpha value is -0.760.